The standard InChI is InChI=1S/C46H32N2/c1-4-13-33(14-5-1)35-23-25-38-32-36(24-26-37(38)31-35)34-27-29-41(30-28-34)47(39-15-6-2-7-16-39)44-21-12-22-45-46(44)42-19-10-11-20-43(42)48(45)40-17-8-3-9-18-40/h1-32H/i1D,4D,5D,13D,14D,23D,24D,25D,26D,31D,32D. The van der Waals surface area contributed by atoms with Gasteiger partial charge in [0.1, 0.15) is 0 Å². The van der Waals surface area contributed by atoms with Crippen LogP contribution in [0.5, 0.6) is 0 Å². The third kappa shape index (κ3) is 4.83. The predicted molar refractivity (Wildman–Crippen MR) is 204 cm³/mol. The Bertz CT molecular complexity index is 3140. The highest BCUT2D eigenvalue weighted by Crippen LogP contribution is 2.44. The van der Waals surface area contributed by atoms with E-state index in [2.05, 4.69) is 45.9 Å². The van der Waals surface area contributed by atoms with Gasteiger partial charge in [0.25, 0.3) is 0 Å². The summed E-state index contributed by atoms with van der Waals surface area (Å²) in [6, 6.07) is 35.7. The first-order valence-corrected chi connectivity index (χ1v) is 15.6. The van der Waals surface area contributed by atoms with E-state index in [1.165, 1.54) is 0 Å². The fourth-order valence-corrected chi connectivity index (χ4v) is 6.34. The lowest BCUT2D eigenvalue weighted by Gasteiger charge is -2.26. The molecule has 0 spiro atoms. The monoisotopic (exact) mass is 623 g/mol. The van der Waals surface area contributed by atoms with Crippen LogP contribution in [0.2, 0.25) is 0 Å². The van der Waals surface area contributed by atoms with Gasteiger partial charge in [-0.05, 0) is 99.7 Å². The highest BCUT2D eigenvalue weighted by Gasteiger charge is 2.20. The second-order valence-corrected chi connectivity index (χ2v) is 11.3. The van der Waals surface area contributed by atoms with Crippen molar-refractivity contribution < 1.29 is 15.1 Å². The molecule has 9 aromatic rings. The Hall–Kier alpha value is -6.38. The molecule has 0 saturated heterocycles. The molecule has 0 N–H and O–H groups in total. The molecule has 226 valence electrons. The summed E-state index contributed by atoms with van der Waals surface area (Å²) in [6.45, 7) is 0. The van der Waals surface area contributed by atoms with Gasteiger partial charge in [-0.2, -0.15) is 0 Å². The first kappa shape index (κ1) is 18.7. The van der Waals surface area contributed by atoms with Gasteiger partial charge in [-0.15, -0.1) is 0 Å². The van der Waals surface area contributed by atoms with E-state index in [0.717, 1.165) is 44.6 Å². The number of hydrogen-bond donors (Lipinski definition) is 0. The molecular formula is C46H32N2. The minimum absolute atomic E-state index is 0.0382. The van der Waals surface area contributed by atoms with Crippen LogP contribution >= 0.6 is 0 Å². The number of benzene rings is 8. The topological polar surface area (TPSA) is 8.17 Å². The molecule has 0 aliphatic carbocycles. The van der Waals surface area contributed by atoms with Crippen LogP contribution < -0.4 is 4.90 Å². The van der Waals surface area contributed by atoms with Gasteiger partial charge in [0.2, 0.25) is 0 Å². The molecule has 2 nitrogen and oxygen atoms in total. The van der Waals surface area contributed by atoms with Crippen molar-refractivity contribution in [3.63, 3.8) is 0 Å². The number of aromatic nitrogens is 1. The molecule has 0 amide bonds. The van der Waals surface area contributed by atoms with E-state index in [0.29, 0.717) is 5.56 Å². The molecule has 0 unspecified atom stereocenters. The van der Waals surface area contributed by atoms with Crippen LogP contribution in [0.3, 0.4) is 0 Å². The van der Waals surface area contributed by atoms with E-state index < -0.39 is 65.5 Å². The second-order valence-electron chi connectivity index (χ2n) is 11.3. The van der Waals surface area contributed by atoms with E-state index in [1.807, 2.05) is 78.9 Å². The lowest BCUT2D eigenvalue weighted by molar-refractivity contribution is 1.18. The number of hydrogen-bond acceptors (Lipinski definition) is 1. The predicted octanol–water partition coefficient (Wildman–Crippen LogP) is 12.7. The number of nitrogens with zero attached hydrogens (tertiary/aromatic N) is 2. The van der Waals surface area contributed by atoms with Crippen molar-refractivity contribution >= 4 is 49.6 Å². The third-order valence-corrected chi connectivity index (χ3v) is 8.48. The summed E-state index contributed by atoms with van der Waals surface area (Å²) in [6.07, 6.45) is 0. The maximum atomic E-state index is 9.29. The van der Waals surface area contributed by atoms with Crippen molar-refractivity contribution in [2.45, 2.75) is 0 Å². The fourth-order valence-electron chi connectivity index (χ4n) is 6.34. The average Bonchev–Trinajstić information content (AvgIpc) is 3.60. The summed E-state index contributed by atoms with van der Waals surface area (Å²) in [5.74, 6) is 0. The number of fused-ring (bicyclic) bond motifs is 4. The van der Waals surface area contributed by atoms with Crippen LogP contribution in [0.25, 0.3) is 60.5 Å². The van der Waals surface area contributed by atoms with Crippen LogP contribution in [0, 0.1) is 0 Å². The van der Waals surface area contributed by atoms with E-state index >= 15 is 0 Å². The van der Waals surface area contributed by atoms with Gasteiger partial charge < -0.3 is 9.47 Å². The summed E-state index contributed by atoms with van der Waals surface area (Å²) in [4.78, 5) is 2.15. The van der Waals surface area contributed by atoms with Gasteiger partial charge in [-0.25, -0.2) is 0 Å². The normalized spacial score (nSPS) is 14.5. The van der Waals surface area contributed by atoms with Crippen molar-refractivity contribution in [2.75, 3.05) is 4.90 Å². The minimum Gasteiger partial charge on any atom is -0.310 e. The smallest absolute Gasteiger partial charge is 0.0636 e. The van der Waals surface area contributed by atoms with Crippen LogP contribution in [0.1, 0.15) is 15.1 Å². The molecule has 0 atom stereocenters. The molecular weight excluding hydrogens is 581 g/mol. The zero-order chi connectivity index (χ0) is 41.4. The maximum Gasteiger partial charge on any atom is 0.0636 e. The lowest BCUT2D eigenvalue weighted by atomic mass is 9.97. The molecule has 0 fully saturated rings. The summed E-state index contributed by atoms with van der Waals surface area (Å²) in [5.41, 5.74) is 5.29. The Labute approximate surface area is 295 Å². The fraction of sp³-hybridized carbons (Fsp3) is 0. The first-order valence-electron chi connectivity index (χ1n) is 21.1. The average molecular weight is 624 g/mol. The second kappa shape index (κ2) is 11.8. The first-order chi connectivity index (χ1) is 28.4. The van der Waals surface area contributed by atoms with Crippen LogP contribution in [-0.4, -0.2) is 4.57 Å². The Balaban J connectivity index is 1.22. The Morgan fingerprint density at radius 1 is 0.438 bits per heavy atom. The molecule has 2 heteroatoms. The third-order valence-electron chi connectivity index (χ3n) is 8.48. The lowest BCUT2D eigenvalue weighted by Crippen LogP contribution is -2.10. The van der Waals surface area contributed by atoms with Crippen LogP contribution in [-0.2, 0) is 0 Å². The van der Waals surface area contributed by atoms with Gasteiger partial charge in [0.05, 0.1) is 31.8 Å². The Kier molecular flexibility index (Phi) is 4.58. The summed E-state index contributed by atoms with van der Waals surface area (Å²) < 4.78 is 97.9. The molecule has 9 rings (SSSR count). The van der Waals surface area contributed by atoms with Crippen molar-refractivity contribution in [2.24, 2.45) is 0 Å². The molecule has 8 aromatic carbocycles. The van der Waals surface area contributed by atoms with Gasteiger partial charge in [0, 0.05) is 27.8 Å². The van der Waals surface area contributed by atoms with Crippen molar-refractivity contribution in [1.29, 1.82) is 0 Å². The SMILES string of the molecule is [2H]c1c([2H])c([2H])c(-c2c([2H])c([2H])c3c([2H])c(-c4ccc(N(c5ccccc5)c5cccc6c5c5ccccc5n6-c5ccccc5)cc4)c([2H])c([2H])c3c2[2H])c([2H])c1[2H]. The molecule has 0 aliphatic heterocycles. The largest absolute Gasteiger partial charge is 0.310 e. The van der Waals surface area contributed by atoms with Gasteiger partial charge in [-0.3, -0.25) is 0 Å². The molecule has 48 heavy (non-hydrogen) atoms. The Morgan fingerprint density at radius 2 is 1.04 bits per heavy atom. The van der Waals surface area contributed by atoms with Crippen LogP contribution in [0.4, 0.5) is 17.1 Å². The van der Waals surface area contributed by atoms with E-state index in [1.54, 1.807) is 12.1 Å². The molecule has 0 radical (unpaired) electrons. The maximum absolute atomic E-state index is 9.29. The molecule has 1 heterocycles. The van der Waals surface area contributed by atoms with Crippen molar-refractivity contribution in [3.8, 4) is 27.9 Å². The molecule has 0 aliphatic rings. The number of para-hydroxylation sites is 3. The van der Waals surface area contributed by atoms with E-state index in [4.69, 9.17) is 13.7 Å². The molecule has 1 aromatic heterocycles. The molecule has 0 saturated carbocycles. The summed E-state index contributed by atoms with van der Waals surface area (Å²) in [7, 11) is 0. The summed E-state index contributed by atoms with van der Waals surface area (Å²) >= 11 is 0. The zero-order valence-corrected chi connectivity index (χ0v) is 25.5. The van der Waals surface area contributed by atoms with Crippen molar-refractivity contribution in [1.82, 2.24) is 4.57 Å². The van der Waals surface area contributed by atoms with Crippen molar-refractivity contribution in [3.05, 3.63) is 194 Å². The zero-order valence-electron chi connectivity index (χ0n) is 36.5. The number of rotatable bonds is 6. The minimum atomic E-state index is -0.667. The molecule has 0 bridgehead atoms. The quantitative estimate of drug-likeness (QED) is 0.179. The summed E-state index contributed by atoms with van der Waals surface area (Å²) in [5, 5.41) is 1.63. The van der Waals surface area contributed by atoms with Gasteiger partial charge >= 0.3 is 0 Å². The number of anilines is 3. The van der Waals surface area contributed by atoms with Gasteiger partial charge in [0.15, 0.2) is 0 Å². The van der Waals surface area contributed by atoms with Gasteiger partial charge in [-0.1, -0.05) is 127 Å². The van der Waals surface area contributed by atoms with E-state index in [9.17, 15) is 1.37 Å². The van der Waals surface area contributed by atoms with Crippen LogP contribution in [0.15, 0.2) is 194 Å². The highest BCUT2D eigenvalue weighted by atomic mass is 15.1. The van der Waals surface area contributed by atoms with E-state index in [-0.39, 0.29) is 28.4 Å². The Morgan fingerprint density at radius 3 is 1.77 bits per heavy atom. The highest BCUT2D eigenvalue weighted by molar-refractivity contribution is 6.16.